The maximum Gasteiger partial charge on any atom is 0.160 e. The lowest BCUT2D eigenvalue weighted by Gasteiger charge is -2.25. The van der Waals surface area contributed by atoms with Crippen molar-refractivity contribution in [2.75, 3.05) is 53.7 Å². The SMILES string of the molecule is COc1ccc(CC2CCN(C3COCCOC3)C2)cc1OC. The fourth-order valence-corrected chi connectivity index (χ4v) is 3.52. The fraction of sp³-hybridized carbons (Fsp3) is 0.667. The van der Waals surface area contributed by atoms with Crippen LogP contribution in [-0.2, 0) is 15.9 Å². The van der Waals surface area contributed by atoms with Gasteiger partial charge in [0, 0.05) is 6.54 Å². The molecular weight excluding hydrogens is 294 g/mol. The van der Waals surface area contributed by atoms with Crippen LogP contribution in [0.1, 0.15) is 12.0 Å². The quantitative estimate of drug-likeness (QED) is 0.829. The van der Waals surface area contributed by atoms with E-state index in [2.05, 4.69) is 17.0 Å². The second-order valence-corrected chi connectivity index (χ2v) is 6.35. The van der Waals surface area contributed by atoms with Crippen LogP contribution < -0.4 is 9.47 Å². The first kappa shape index (κ1) is 16.6. The summed E-state index contributed by atoms with van der Waals surface area (Å²) in [7, 11) is 3.36. The van der Waals surface area contributed by atoms with E-state index in [1.165, 1.54) is 12.0 Å². The summed E-state index contributed by atoms with van der Waals surface area (Å²) in [5.41, 5.74) is 1.31. The fourth-order valence-electron chi connectivity index (χ4n) is 3.52. The summed E-state index contributed by atoms with van der Waals surface area (Å²) < 4.78 is 22.0. The van der Waals surface area contributed by atoms with Gasteiger partial charge in [-0.15, -0.1) is 0 Å². The van der Waals surface area contributed by atoms with Crippen LogP contribution in [0.4, 0.5) is 0 Å². The van der Waals surface area contributed by atoms with Crippen molar-refractivity contribution in [3.05, 3.63) is 23.8 Å². The van der Waals surface area contributed by atoms with Crippen LogP contribution in [0.15, 0.2) is 18.2 Å². The highest BCUT2D eigenvalue weighted by atomic mass is 16.5. The van der Waals surface area contributed by atoms with Crippen LogP contribution in [0.3, 0.4) is 0 Å². The van der Waals surface area contributed by atoms with Crippen LogP contribution in [0, 0.1) is 5.92 Å². The molecule has 2 heterocycles. The molecule has 2 aliphatic rings. The van der Waals surface area contributed by atoms with E-state index in [-0.39, 0.29) is 0 Å². The van der Waals surface area contributed by atoms with Gasteiger partial charge in [-0.1, -0.05) is 6.07 Å². The molecule has 1 aromatic carbocycles. The van der Waals surface area contributed by atoms with E-state index < -0.39 is 0 Å². The molecule has 5 nitrogen and oxygen atoms in total. The number of methoxy groups -OCH3 is 2. The molecule has 128 valence electrons. The summed E-state index contributed by atoms with van der Waals surface area (Å²) in [6.07, 6.45) is 2.30. The van der Waals surface area contributed by atoms with E-state index in [4.69, 9.17) is 18.9 Å². The number of likely N-dealkylation sites (tertiary alicyclic amines) is 1. The van der Waals surface area contributed by atoms with Gasteiger partial charge in [-0.2, -0.15) is 0 Å². The summed E-state index contributed by atoms with van der Waals surface area (Å²) in [4.78, 5) is 2.52. The van der Waals surface area contributed by atoms with Crippen molar-refractivity contribution in [2.24, 2.45) is 5.92 Å². The van der Waals surface area contributed by atoms with Gasteiger partial charge in [-0.3, -0.25) is 4.90 Å². The minimum absolute atomic E-state index is 0.410. The average Bonchev–Trinajstić information content (AvgIpc) is 2.87. The predicted molar refractivity (Wildman–Crippen MR) is 88.4 cm³/mol. The molecule has 0 radical (unpaired) electrons. The topological polar surface area (TPSA) is 40.2 Å². The number of hydrogen-bond acceptors (Lipinski definition) is 5. The third kappa shape index (κ3) is 4.16. The molecular formula is C18H27NO4. The third-order valence-corrected chi connectivity index (χ3v) is 4.80. The number of benzene rings is 1. The van der Waals surface area contributed by atoms with Crippen molar-refractivity contribution in [1.82, 2.24) is 4.90 Å². The zero-order valence-electron chi connectivity index (χ0n) is 14.1. The van der Waals surface area contributed by atoms with Gasteiger partial charge in [0.2, 0.25) is 0 Å². The Hall–Kier alpha value is -1.30. The van der Waals surface area contributed by atoms with Crippen molar-refractivity contribution >= 4 is 0 Å². The lowest BCUT2D eigenvalue weighted by molar-refractivity contribution is 0.0839. The molecule has 2 fully saturated rings. The van der Waals surface area contributed by atoms with Gasteiger partial charge in [0.25, 0.3) is 0 Å². The lowest BCUT2D eigenvalue weighted by Crippen LogP contribution is -2.39. The first-order chi connectivity index (χ1) is 11.3. The number of hydrogen-bond donors (Lipinski definition) is 0. The Morgan fingerprint density at radius 2 is 1.83 bits per heavy atom. The molecule has 1 atom stereocenters. The largest absolute Gasteiger partial charge is 0.493 e. The van der Waals surface area contributed by atoms with Gasteiger partial charge in [-0.25, -0.2) is 0 Å². The Labute approximate surface area is 138 Å². The van der Waals surface area contributed by atoms with Crippen molar-refractivity contribution < 1.29 is 18.9 Å². The van der Waals surface area contributed by atoms with Crippen LogP contribution >= 0.6 is 0 Å². The molecule has 0 saturated carbocycles. The smallest absolute Gasteiger partial charge is 0.160 e. The zero-order valence-corrected chi connectivity index (χ0v) is 14.1. The van der Waals surface area contributed by atoms with Crippen molar-refractivity contribution in [3.63, 3.8) is 0 Å². The van der Waals surface area contributed by atoms with Crippen LogP contribution in [0.5, 0.6) is 11.5 Å². The summed E-state index contributed by atoms with van der Waals surface area (Å²) in [6.45, 7) is 5.28. The Morgan fingerprint density at radius 1 is 1.09 bits per heavy atom. The molecule has 0 spiro atoms. The highest BCUT2D eigenvalue weighted by molar-refractivity contribution is 5.43. The molecule has 0 aromatic heterocycles. The van der Waals surface area contributed by atoms with Crippen molar-refractivity contribution in [3.8, 4) is 11.5 Å². The average molecular weight is 321 g/mol. The van der Waals surface area contributed by atoms with E-state index in [0.717, 1.165) is 57.4 Å². The van der Waals surface area contributed by atoms with Gasteiger partial charge in [0.15, 0.2) is 11.5 Å². The summed E-state index contributed by atoms with van der Waals surface area (Å²) in [5, 5.41) is 0. The molecule has 2 aliphatic heterocycles. The van der Waals surface area contributed by atoms with E-state index in [9.17, 15) is 0 Å². The monoisotopic (exact) mass is 321 g/mol. The van der Waals surface area contributed by atoms with Gasteiger partial charge in [-0.05, 0) is 43.0 Å². The summed E-state index contributed by atoms with van der Waals surface area (Å²) in [5.74, 6) is 2.28. The van der Waals surface area contributed by atoms with Crippen LogP contribution in [0.25, 0.3) is 0 Å². The van der Waals surface area contributed by atoms with Crippen molar-refractivity contribution in [2.45, 2.75) is 18.9 Å². The molecule has 0 N–H and O–H groups in total. The third-order valence-electron chi connectivity index (χ3n) is 4.80. The highest BCUT2D eigenvalue weighted by Gasteiger charge is 2.29. The first-order valence-corrected chi connectivity index (χ1v) is 8.40. The Balaban J connectivity index is 1.57. The molecule has 0 bridgehead atoms. The molecule has 0 amide bonds. The number of ether oxygens (including phenoxy) is 4. The molecule has 2 saturated heterocycles. The van der Waals surface area contributed by atoms with E-state index in [1.54, 1.807) is 14.2 Å². The van der Waals surface area contributed by atoms with E-state index in [0.29, 0.717) is 12.0 Å². The molecule has 5 heteroatoms. The van der Waals surface area contributed by atoms with E-state index >= 15 is 0 Å². The lowest BCUT2D eigenvalue weighted by atomic mass is 9.98. The first-order valence-electron chi connectivity index (χ1n) is 8.40. The van der Waals surface area contributed by atoms with Gasteiger partial charge in [0.1, 0.15) is 0 Å². The Bertz CT molecular complexity index is 500. The highest BCUT2D eigenvalue weighted by Crippen LogP contribution is 2.30. The standard InChI is InChI=1S/C18H27NO4/c1-20-17-4-3-14(10-18(17)21-2)9-15-5-6-19(11-15)16-12-22-7-8-23-13-16/h3-4,10,15-16H,5-9,11-13H2,1-2H3. The zero-order chi connectivity index (χ0) is 16.1. The number of nitrogens with zero attached hydrogens (tertiary/aromatic N) is 1. The minimum atomic E-state index is 0.410. The Morgan fingerprint density at radius 3 is 2.52 bits per heavy atom. The maximum absolute atomic E-state index is 5.63. The molecule has 23 heavy (non-hydrogen) atoms. The normalized spacial score (nSPS) is 23.7. The number of rotatable bonds is 5. The molecule has 3 rings (SSSR count). The van der Waals surface area contributed by atoms with Gasteiger partial charge >= 0.3 is 0 Å². The minimum Gasteiger partial charge on any atom is -0.493 e. The van der Waals surface area contributed by atoms with Crippen LogP contribution in [0.2, 0.25) is 0 Å². The van der Waals surface area contributed by atoms with E-state index in [1.807, 2.05) is 6.07 Å². The molecule has 0 aliphatic carbocycles. The Kier molecular flexibility index (Phi) is 5.75. The van der Waals surface area contributed by atoms with Gasteiger partial charge in [0.05, 0.1) is 46.7 Å². The molecule has 1 unspecified atom stereocenters. The summed E-state index contributed by atoms with van der Waals surface area (Å²) in [6, 6.07) is 6.64. The van der Waals surface area contributed by atoms with Gasteiger partial charge < -0.3 is 18.9 Å². The second kappa shape index (κ2) is 7.99. The second-order valence-electron chi connectivity index (χ2n) is 6.35. The predicted octanol–water partition coefficient (Wildman–Crippen LogP) is 1.98. The van der Waals surface area contributed by atoms with Crippen LogP contribution in [-0.4, -0.2) is 64.7 Å². The van der Waals surface area contributed by atoms with Crippen molar-refractivity contribution in [1.29, 1.82) is 0 Å². The summed E-state index contributed by atoms with van der Waals surface area (Å²) >= 11 is 0. The molecule has 1 aromatic rings. The maximum atomic E-state index is 5.63.